The largest absolute Gasteiger partial charge is 0.478 e. The number of rotatable bonds is 3. The van der Waals surface area contributed by atoms with Crippen LogP contribution in [0.15, 0.2) is 12.2 Å². The van der Waals surface area contributed by atoms with E-state index in [1.54, 1.807) is 5.06 Å². The number of nitrogens with zero attached hydrogens (tertiary/aromatic N) is 1. The SMILES string of the molecule is O=C(O)/C=C\C(=O)ON1CCCCC1. The second-order valence-electron chi connectivity index (χ2n) is 3.07. The first kappa shape index (κ1) is 10.7. The van der Waals surface area contributed by atoms with Crippen LogP contribution in [0.3, 0.4) is 0 Å². The fourth-order valence-corrected chi connectivity index (χ4v) is 1.25. The van der Waals surface area contributed by atoms with Gasteiger partial charge in [-0.15, -0.1) is 5.06 Å². The highest BCUT2D eigenvalue weighted by Gasteiger charge is 2.13. The first-order chi connectivity index (χ1) is 6.68. The molecule has 5 heteroatoms. The Morgan fingerprint density at radius 1 is 1.14 bits per heavy atom. The van der Waals surface area contributed by atoms with Gasteiger partial charge in [0, 0.05) is 25.2 Å². The standard InChI is InChI=1S/C9H13NO4/c11-8(12)4-5-9(13)14-10-6-2-1-3-7-10/h4-5H,1-3,6-7H2,(H,11,12)/b5-4-. The fourth-order valence-electron chi connectivity index (χ4n) is 1.25. The van der Waals surface area contributed by atoms with Gasteiger partial charge < -0.3 is 9.94 Å². The Morgan fingerprint density at radius 2 is 1.79 bits per heavy atom. The summed E-state index contributed by atoms with van der Waals surface area (Å²) in [6, 6.07) is 0. The molecule has 1 saturated heterocycles. The lowest BCUT2D eigenvalue weighted by Crippen LogP contribution is -2.31. The number of carbonyl (C=O) groups excluding carboxylic acids is 1. The third kappa shape index (κ3) is 4.04. The van der Waals surface area contributed by atoms with Crippen molar-refractivity contribution in [2.24, 2.45) is 0 Å². The Morgan fingerprint density at radius 3 is 2.36 bits per heavy atom. The zero-order valence-electron chi connectivity index (χ0n) is 7.81. The van der Waals surface area contributed by atoms with Crippen LogP contribution in [0, 0.1) is 0 Å². The molecule has 0 unspecified atom stereocenters. The third-order valence-corrected chi connectivity index (χ3v) is 1.90. The Balaban J connectivity index is 2.28. The minimum absolute atomic E-state index is 0.630. The number of piperidine rings is 1. The van der Waals surface area contributed by atoms with Crippen LogP contribution in [0.1, 0.15) is 19.3 Å². The van der Waals surface area contributed by atoms with Crippen molar-refractivity contribution in [2.45, 2.75) is 19.3 Å². The summed E-state index contributed by atoms with van der Waals surface area (Å²) in [4.78, 5) is 26.0. The molecule has 5 nitrogen and oxygen atoms in total. The maximum atomic E-state index is 11.0. The molecule has 1 rings (SSSR count). The molecule has 0 bridgehead atoms. The second-order valence-corrected chi connectivity index (χ2v) is 3.07. The van der Waals surface area contributed by atoms with Gasteiger partial charge in [-0.25, -0.2) is 9.59 Å². The zero-order chi connectivity index (χ0) is 10.4. The van der Waals surface area contributed by atoms with E-state index in [2.05, 4.69) is 0 Å². The highest BCUT2D eigenvalue weighted by Crippen LogP contribution is 2.08. The smallest absolute Gasteiger partial charge is 0.349 e. The average molecular weight is 199 g/mol. The topological polar surface area (TPSA) is 66.8 Å². The van der Waals surface area contributed by atoms with Crippen molar-refractivity contribution < 1.29 is 19.5 Å². The van der Waals surface area contributed by atoms with Crippen LogP contribution in [0.5, 0.6) is 0 Å². The molecule has 0 amide bonds. The van der Waals surface area contributed by atoms with Crippen LogP contribution in [0.4, 0.5) is 0 Å². The quantitative estimate of drug-likeness (QED) is 0.673. The molecule has 1 aliphatic heterocycles. The second kappa shape index (κ2) is 5.39. The van der Waals surface area contributed by atoms with Gasteiger partial charge in [0.05, 0.1) is 0 Å². The predicted octanol–water partition coefficient (Wildman–Crippen LogP) is 0.571. The molecule has 0 saturated carbocycles. The molecule has 1 fully saturated rings. The van der Waals surface area contributed by atoms with Crippen molar-refractivity contribution in [3.05, 3.63) is 12.2 Å². The molecule has 0 radical (unpaired) electrons. The molecular weight excluding hydrogens is 186 g/mol. The van der Waals surface area contributed by atoms with Gasteiger partial charge in [0.15, 0.2) is 0 Å². The van der Waals surface area contributed by atoms with E-state index in [1.807, 2.05) is 0 Å². The summed E-state index contributed by atoms with van der Waals surface area (Å²) in [6.07, 6.45) is 4.86. The van der Waals surface area contributed by atoms with Crippen LogP contribution in [-0.2, 0) is 14.4 Å². The van der Waals surface area contributed by atoms with Crippen molar-refractivity contribution >= 4 is 11.9 Å². The maximum absolute atomic E-state index is 11.0. The third-order valence-electron chi connectivity index (χ3n) is 1.90. The number of hydroxylamine groups is 2. The average Bonchev–Trinajstić information content (AvgIpc) is 2.16. The lowest BCUT2D eigenvalue weighted by Gasteiger charge is -2.23. The van der Waals surface area contributed by atoms with Gasteiger partial charge in [-0.3, -0.25) is 0 Å². The normalized spacial score (nSPS) is 18.3. The number of aliphatic carboxylic acids is 1. The van der Waals surface area contributed by atoms with E-state index >= 15 is 0 Å². The number of carbonyl (C=O) groups is 2. The van der Waals surface area contributed by atoms with E-state index in [4.69, 9.17) is 9.94 Å². The molecule has 0 atom stereocenters. The van der Waals surface area contributed by atoms with Crippen molar-refractivity contribution in [3.63, 3.8) is 0 Å². The minimum Gasteiger partial charge on any atom is -0.478 e. The highest BCUT2D eigenvalue weighted by molar-refractivity contribution is 5.90. The van der Waals surface area contributed by atoms with Crippen LogP contribution in [0.25, 0.3) is 0 Å². The number of carboxylic acid groups (broad SMARTS) is 1. The minimum atomic E-state index is -1.15. The predicted molar refractivity (Wildman–Crippen MR) is 48.3 cm³/mol. The van der Waals surface area contributed by atoms with E-state index in [9.17, 15) is 9.59 Å². The summed E-state index contributed by atoms with van der Waals surface area (Å²) in [5.41, 5.74) is 0. The van der Waals surface area contributed by atoms with Crippen LogP contribution in [0.2, 0.25) is 0 Å². The molecule has 0 aromatic rings. The Kier molecular flexibility index (Phi) is 4.12. The molecule has 0 aromatic heterocycles. The maximum Gasteiger partial charge on any atom is 0.349 e. The van der Waals surface area contributed by atoms with Crippen molar-refractivity contribution in [3.8, 4) is 0 Å². The first-order valence-electron chi connectivity index (χ1n) is 4.56. The van der Waals surface area contributed by atoms with Crippen LogP contribution in [-0.4, -0.2) is 35.2 Å². The summed E-state index contributed by atoms with van der Waals surface area (Å²) in [5.74, 6) is -1.78. The van der Waals surface area contributed by atoms with E-state index in [0.29, 0.717) is 0 Å². The monoisotopic (exact) mass is 199 g/mol. The Labute approximate surface area is 81.9 Å². The molecule has 0 spiro atoms. The van der Waals surface area contributed by atoms with Gasteiger partial charge in [-0.2, -0.15) is 0 Å². The highest BCUT2D eigenvalue weighted by atomic mass is 16.7. The van der Waals surface area contributed by atoms with E-state index in [0.717, 1.165) is 44.5 Å². The van der Waals surface area contributed by atoms with E-state index < -0.39 is 11.9 Å². The van der Waals surface area contributed by atoms with Crippen molar-refractivity contribution in [1.29, 1.82) is 0 Å². The van der Waals surface area contributed by atoms with Crippen LogP contribution < -0.4 is 0 Å². The number of carboxylic acids is 1. The zero-order valence-corrected chi connectivity index (χ0v) is 7.81. The van der Waals surface area contributed by atoms with Gasteiger partial charge in [0.25, 0.3) is 0 Å². The number of hydrogen-bond acceptors (Lipinski definition) is 4. The van der Waals surface area contributed by atoms with Crippen LogP contribution >= 0.6 is 0 Å². The fraction of sp³-hybridized carbons (Fsp3) is 0.556. The molecule has 0 aliphatic carbocycles. The van der Waals surface area contributed by atoms with Crippen molar-refractivity contribution in [1.82, 2.24) is 5.06 Å². The van der Waals surface area contributed by atoms with Crippen molar-refractivity contribution in [2.75, 3.05) is 13.1 Å². The molecular formula is C9H13NO4. The van der Waals surface area contributed by atoms with Gasteiger partial charge in [0.1, 0.15) is 0 Å². The molecule has 78 valence electrons. The first-order valence-corrected chi connectivity index (χ1v) is 4.56. The summed E-state index contributed by atoms with van der Waals surface area (Å²) < 4.78 is 0. The lowest BCUT2D eigenvalue weighted by molar-refractivity contribution is -0.188. The molecule has 0 aromatic carbocycles. The number of hydrogen-bond donors (Lipinski definition) is 1. The molecule has 1 N–H and O–H groups in total. The van der Waals surface area contributed by atoms with Gasteiger partial charge in [-0.1, -0.05) is 6.42 Å². The lowest BCUT2D eigenvalue weighted by atomic mass is 10.2. The summed E-state index contributed by atoms with van der Waals surface area (Å²) in [7, 11) is 0. The summed E-state index contributed by atoms with van der Waals surface area (Å²) in [5, 5.41) is 9.83. The van der Waals surface area contributed by atoms with Gasteiger partial charge in [-0.05, 0) is 12.8 Å². The summed E-state index contributed by atoms with van der Waals surface area (Å²) in [6.45, 7) is 1.46. The van der Waals surface area contributed by atoms with Gasteiger partial charge >= 0.3 is 11.9 Å². The van der Waals surface area contributed by atoms with E-state index in [1.165, 1.54) is 0 Å². The van der Waals surface area contributed by atoms with E-state index in [-0.39, 0.29) is 0 Å². The van der Waals surface area contributed by atoms with Gasteiger partial charge in [0.2, 0.25) is 0 Å². The molecule has 14 heavy (non-hydrogen) atoms. The Bertz CT molecular complexity index is 243. The summed E-state index contributed by atoms with van der Waals surface area (Å²) >= 11 is 0. The molecule has 1 aliphatic rings. The Hall–Kier alpha value is -1.36. The molecule has 1 heterocycles.